The number of nitrogens with one attached hydrogen (secondary N) is 2. The van der Waals surface area contributed by atoms with Gasteiger partial charge in [-0.05, 0) is 29.8 Å². The summed E-state index contributed by atoms with van der Waals surface area (Å²) in [7, 11) is 1.30. The third-order valence-electron chi connectivity index (χ3n) is 3.42. The molecule has 0 aliphatic carbocycles. The van der Waals surface area contributed by atoms with Crippen molar-refractivity contribution in [2.24, 2.45) is 0 Å². The molecule has 3 amide bonds. The Balaban J connectivity index is 2.00. The number of hydrogen-bond donors (Lipinski definition) is 2. The summed E-state index contributed by atoms with van der Waals surface area (Å²) in [6.45, 7) is 4.63. The van der Waals surface area contributed by atoms with Crippen LogP contribution in [-0.2, 0) is 11.3 Å². The van der Waals surface area contributed by atoms with Gasteiger partial charge >= 0.3 is 12.1 Å². The fraction of sp³-hybridized carbons (Fsp3) is 0.158. The second-order valence-electron chi connectivity index (χ2n) is 5.28. The SMILES string of the molecule is C=CCN(Cc1ccccc1)C(=O)Nc1ccc(NC(=O)OC)cc1. The first kappa shape index (κ1) is 18.1. The zero-order valence-electron chi connectivity index (χ0n) is 14.1. The van der Waals surface area contributed by atoms with Crippen molar-refractivity contribution in [1.82, 2.24) is 4.90 Å². The van der Waals surface area contributed by atoms with Crippen molar-refractivity contribution in [1.29, 1.82) is 0 Å². The Morgan fingerprint density at radius 2 is 1.64 bits per heavy atom. The minimum atomic E-state index is -0.545. The molecule has 2 rings (SSSR count). The average Bonchev–Trinajstić information content (AvgIpc) is 2.63. The minimum absolute atomic E-state index is 0.225. The molecule has 6 nitrogen and oxygen atoms in total. The molecule has 25 heavy (non-hydrogen) atoms. The topological polar surface area (TPSA) is 70.7 Å². The van der Waals surface area contributed by atoms with Crippen molar-refractivity contribution >= 4 is 23.5 Å². The Morgan fingerprint density at radius 1 is 1.04 bits per heavy atom. The summed E-state index contributed by atoms with van der Waals surface area (Å²) < 4.78 is 4.53. The van der Waals surface area contributed by atoms with Crippen molar-refractivity contribution in [3.8, 4) is 0 Å². The van der Waals surface area contributed by atoms with Gasteiger partial charge < -0.3 is 15.0 Å². The molecule has 6 heteroatoms. The number of urea groups is 1. The third kappa shape index (κ3) is 5.69. The predicted octanol–water partition coefficient (Wildman–Crippen LogP) is 4.09. The van der Waals surface area contributed by atoms with Gasteiger partial charge in [0.15, 0.2) is 0 Å². The van der Waals surface area contributed by atoms with E-state index in [-0.39, 0.29) is 6.03 Å². The fourth-order valence-electron chi connectivity index (χ4n) is 2.19. The lowest BCUT2D eigenvalue weighted by Gasteiger charge is -2.22. The standard InChI is InChI=1S/C19H21N3O3/c1-3-13-22(14-15-7-5-4-6-8-15)18(23)20-16-9-11-17(12-10-16)21-19(24)25-2/h3-12H,1,13-14H2,2H3,(H,20,23)(H,21,24). The van der Waals surface area contributed by atoms with Crippen LogP contribution in [0.25, 0.3) is 0 Å². The zero-order chi connectivity index (χ0) is 18.1. The molecule has 130 valence electrons. The predicted molar refractivity (Wildman–Crippen MR) is 98.5 cm³/mol. The number of amides is 3. The minimum Gasteiger partial charge on any atom is -0.453 e. The number of ether oxygens (including phenoxy) is 1. The van der Waals surface area contributed by atoms with Crippen molar-refractivity contribution in [3.05, 3.63) is 72.8 Å². The number of rotatable bonds is 6. The lowest BCUT2D eigenvalue weighted by Crippen LogP contribution is -2.34. The summed E-state index contributed by atoms with van der Waals surface area (Å²) in [5, 5.41) is 5.39. The molecule has 2 N–H and O–H groups in total. The van der Waals surface area contributed by atoms with Gasteiger partial charge in [0, 0.05) is 24.5 Å². The maximum Gasteiger partial charge on any atom is 0.411 e. The van der Waals surface area contributed by atoms with Crippen LogP contribution in [0.2, 0.25) is 0 Å². The molecule has 2 aromatic rings. The first-order valence-electron chi connectivity index (χ1n) is 7.78. The highest BCUT2D eigenvalue weighted by atomic mass is 16.5. The van der Waals surface area contributed by atoms with E-state index in [1.807, 2.05) is 30.3 Å². The highest BCUT2D eigenvalue weighted by Crippen LogP contribution is 2.15. The maximum atomic E-state index is 12.5. The van der Waals surface area contributed by atoms with Gasteiger partial charge in [-0.3, -0.25) is 5.32 Å². The van der Waals surface area contributed by atoms with Crippen LogP contribution in [0.3, 0.4) is 0 Å². The Hall–Kier alpha value is -3.28. The van der Waals surface area contributed by atoms with Crippen LogP contribution in [-0.4, -0.2) is 30.7 Å². The number of carbonyl (C=O) groups is 2. The Bertz CT molecular complexity index is 714. The largest absolute Gasteiger partial charge is 0.453 e. The Kier molecular flexibility index (Phi) is 6.59. The summed E-state index contributed by atoms with van der Waals surface area (Å²) in [6.07, 6.45) is 1.14. The summed E-state index contributed by atoms with van der Waals surface area (Å²) >= 11 is 0. The molecule has 0 radical (unpaired) electrons. The van der Waals surface area contributed by atoms with Gasteiger partial charge in [-0.2, -0.15) is 0 Å². The Morgan fingerprint density at radius 3 is 2.20 bits per heavy atom. The van der Waals surface area contributed by atoms with Gasteiger partial charge in [0.2, 0.25) is 0 Å². The van der Waals surface area contributed by atoms with E-state index < -0.39 is 6.09 Å². The lowest BCUT2D eigenvalue weighted by atomic mass is 10.2. The van der Waals surface area contributed by atoms with E-state index in [0.717, 1.165) is 5.56 Å². The number of methoxy groups -OCH3 is 1. The molecule has 0 saturated heterocycles. The van der Waals surface area contributed by atoms with Crippen LogP contribution in [0, 0.1) is 0 Å². The number of nitrogens with zero attached hydrogens (tertiary/aromatic N) is 1. The van der Waals surface area contributed by atoms with E-state index in [1.165, 1.54) is 7.11 Å². The van der Waals surface area contributed by atoms with Gasteiger partial charge in [0.1, 0.15) is 0 Å². The molecule has 0 fully saturated rings. The van der Waals surface area contributed by atoms with Gasteiger partial charge in [0.25, 0.3) is 0 Å². The van der Waals surface area contributed by atoms with Gasteiger partial charge in [-0.25, -0.2) is 9.59 Å². The number of anilines is 2. The lowest BCUT2D eigenvalue weighted by molar-refractivity contribution is 0.187. The molecular formula is C19H21N3O3. The second kappa shape index (κ2) is 9.12. The first-order valence-corrected chi connectivity index (χ1v) is 7.78. The van der Waals surface area contributed by atoms with Crippen LogP contribution in [0.4, 0.5) is 21.0 Å². The highest BCUT2D eigenvalue weighted by molar-refractivity contribution is 5.90. The van der Waals surface area contributed by atoms with Crippen LogP contribution < -0.4 is 10.6 Å². The van der Waals surface area contributed by atoms with E-state index >= 15 is 0 Å². The molecule has 0 aliphatic heterocycles. The molecule has 0 aliphatic rings. The highest BCUT2D eigenvalue weighted by Gasteiger charge is 2.13. The molecule has 2 aromatic carbocycles. The van der Waals surface area contributed by atoms with Gasteiger partial charge in [-0.15, -0.1) is 6.58 Å². The van der Waals surface area contributed by atoms with Crippen LogP contribution in [0.1, 0.15) is 5.56 Å². The van der Waals surface area contributed by atoms with Crippen molar-refractivity contribution in [2.45, 2.75) is 6.54 Å². The molecule has 0 bridgehead atoms. The zero-order valence-corrected chi connectivity index (χ0v) is 14.1. The summed E-state index contributed by atoms with van der Waals surface area (Å²) in [4.78, 5) is 25.3. The maximum absolute atomic E-state index is 12.5. The van der Waals surface area contributed by atoms with E-state index in [9.17, 15) is 9.59 Å². The first-order chi connectivity index (χ1) is 12.1. The molecule has 0 spiro atoms. The van der Waals surface area contributed by atoms with Crippen molar-refractivity contribution < 1.29 is 14.3 Å². The average molecular weight is 339 g/mol. The van der Waals surface area contributed by atoms with Crippen molar-refractivity contribution in [2.75, 3.05) is 24.3 Å². The molecular weight excluding hydrogens is 318 g/mol. The fourth-order valence-corrected chi connectivity index (χ4v) is 2.19. The summed E-state index contributed by atoms with van der Waals surface area (Å²) in [5.41, 5.74) is 2.25. The molecule has 0 saturated carbocycles. The molecule has 0 atom stereocenters. The smallest absolute Gasteiger partial charge is 0.411 e. The Labute approximate surface area is 147 Å². The monoisotopic (exact) mass is 339 g/mol. The second-order valence-corrected chi connectivity index (χ2v) is 5.28. The van der Waals surface area contributed by atoms with Crippen molar-refractivity contribution in [3.63, 3.8) is 0 Å². The van der Waals surface area contributed by atoms with E-state index in [0.29, 0.717) is 24.5 Å². The summed E-state index contributed by atoms with van der Waals surface area (Å²) in [5.74, 6) is 0. The molecule has 0 aromatic heterocycles. The normalized spacial score (nSPS) is 9.80. The molecule has 0 unspecified atom stereocenters. The quantitative estimate of drug-likeness (QED) is 0.779. The summed E-state index contributed by atoms with van der Waals surface area (Å²) in [6, 6.07) is 16.3. The molecule has 0 heterocycles. The van der Waals surface area contributed by atoms with Crippen LogP contribution >= 0.6 is 0 Å². The van der Waals surface area contributed by atoms with Gasteiger partial charge in [-0.1, -0.05) is 36.4 Å². The number of carbonyl (C=O) groups excluding carboxylic acids is 2. The number of hydrogen-bond acceptors (Lipinski definition) is 3. The van der Waals surface area contributed by atoms with E-state index in [2.05, 4.69) is 21.9 Å². The number of benzene rings is 2. The van der Waals surface area contributed by atoms with E-state index in [4.69, 9.17) is 0 Å². The van der Waals surface area contributed by atoms with Crippen LogP contribution in [0.15, 0.2) is 67.3 Å². The van der Waals surface area contributed by atoms with E-state index in [1.54, 1.807) is 35.2 Å². The van der Waals surface area contributed by atoms with Gasteiger partial charge in [0.05, 0.1) is 7.11 Å². The third-order valence-corrected chi connectivity index (χ3v) is 3.42. The van der Waals surface area contributed by atoms with Crippen LogP contribution in [0.5, 0.6) is 0 Å².